The Hall–Kier alpha value is -2.31. The molecule has 3 nitrogen and oxygen atoms in total. The van der Waals surface area contributed by atoms with Crippen molar-refractivity contribution < 1.29 is 18.1 Å². The van der Waals surface area contributed by atoms with Gasteiger partial charge in [-0.1, -0.05) is 64.0 Å². The van der Waals surface area contributed by atoms with Crippen molar-refractivity contribution in [2.24, 2.45) is 0 Å². The first-order valence-corrected chi connectivity index (χ1v) is 12.7. The van der Waals surface area contributed by atoms with Crippen LogP contribution in [0.15, 0.2) is 87.1 Å². The van der Waals surface area contributed by atoms with E-state index in [-0.39, 0.29) is 6.42 Å². The highest BCUT2D eigenvalue weighted by Crippen LogP contribution is 2.40. The number of carbonyl (C=O) groups excluding carboxylic acids is 1. The number of hydrogen-bond donors (Lipinski definition) is 0. The van der Waals surface area contributed by atoms with Crippen LogP contribution in [-0.4, -0.2) is 15.8 Å². The molecule has 6 heteroatoms. The quantitative estimate of drug-likeness (QED) is 0.298. The normalized spacial score (nSPS) is 14.4. The molecular weight excluding hydrogens is 503 g/mol. The molecule has 0 heterocycles. The van der Waals surface area contributed by atoms with E-state index < -0.39 is 34.5 Å². The summed E-state index contributed by atoms with van der Waals surface area (Å²) in [4.78, 5) is 13.7. The van der Waals surface area contributed by atoms with Gasteiger partial charge in [-0.2, -0.15) is 0 Å². The Labute approximate surface area is 206 Å². The van der Waals surface area contributed by atoms with Gasteiger partial charge in [-0.05, 0) is 63.6 Å². The van der Waals surface area contributed by atoms with Crippen LogP contribution >= 0.6 is 15.9 Å². The monoisotopic (exact) mass is 530 g/mol. The minimum absolute atomic E-state index is 0.133. The van der Waals surface area contributed by atoms with Crippen LogP contribution in [0, 0.1) is 6.92 Å². The molecule has 0 aliphatic heterocycles. The van der Waals surface area contributed by atoms with Gasteiger partial charge >= 0.3 is 5.97 Å². The summed E-state index contributed by atoms with van der Waals surface area (Å²) in [5.74, 6) is -1.26. The van der Waals surface area contributed by atoms with Crippen molar-refractivity contribution in [1.29, 1.82) is 0 Å². The van der Waals surface area contributed by atoms with Crippen molar-refractivity contribution in [3.63, 3.8) is 0 Å². The van der Waals surface area contributed by atoms with Crippen LogP contribution in [0.5, 0.6) is 0 Å². The molecule has 3 aromatic rings. The highest BCUT2D eigenvalue weighted by molar-refractivity contribution is 9.10. The molecule has 33 heavy (non-hydrogen) atoms. The molecule has 0 bridgehead atoms. The Balaban J connectivity index is 1.99. The predicted octanol–water partition coefficient (Wildman–Crippen LogP) is 7.45. The number of carbonyl (C=O) groups is 1. The van der Waals surface area contributed by atoms with Gasteiger partial charge in [0.05, 0.1) is 17.2 Å². The molecule has 3 atom stereocenters. The third-order valence-electron chi connectivity index (χ3n) is 5.11. The summed E-state index contributed by atoms with van der Waals surface area (Å²) in [5, 5.41) is 0. The fourth-order valence-electron chi connectivity index (χ4n) is 3.55. The van der Waals surface area contributed by atoms with E-state index in [1.807, 2.05) is 31.2 Å². The van der Waals surface area contributed by atoms with Gasteiger partial charge in [-0.3, -0.25) is 4.79 Å². The molecule has 0 N–H and O–H groups in total. The average molecular weight is 531 g/mol. The SMILES string of the molecule is Cc1ccc([S@](=O)c2ccccc2[C@H](F)[C@H](CC(=O)OC(C)(C)C)c2ccc(Br)cc2)cc1. The maximum absolute atomic E-state index is 16.2. The molecule has 0 aliphatic rings. The number of ether oxygens (including phenoxy) is 1. The zero-order chi connectivity index (χ0) is 24.2. The first kappa shape index (κ1) is 25.3. The van der Waals surface area contributed by atoms with Gasteiger partial charge in [-0.15, -0.1) is 0 Å². The first-order chi connectivity index (χ1) is 15.5. The van der Waals surface area contributed by atoms with Crippen LogP contribution in [0.1, 0.15) is 56.0 Å². The zero-order valence-corrected chi connectivity index (χ0v) is 21.6. The van der Waals surface area contributed by atoms with Crippen LogP contribution < -0.4 is 0 Å². The highest BCUT2D eigenvalue weighted by atomic mass is 79.9. The molecule has 0 aliphatic carbocycles. The van der Waals surface area contributed by atoms with E-state index >= 15 is 4.39 Å². The molecule has 3 aromatic carbocycles. The van der Waals surface area contributed by atoms with Crippen molar-refractivity contribution in [1.82, 2.24) is 0 Å². The van der Waals surface area contributed by atoms with Gasteiger partial charge in [0.25, 0.3) is 0 Å². The van der Waals surface area contributed by atoms with E-state index in [0.29, 0.717) is 20.9 Å². The lowest BCUT2D eigenvalue weighted by molar-refractivity contribution is -0.155. The van der Waals surface area contributed by atoms with Crippen molar-refractivity contribution >= 4 is 32.7 Å². The number of rotatable bonds is 7. The molecule has 174 valence electrons. The summed E-state index contributed by atoms with van der Waals surface area (Å²) >= 11 is 3.40. The van der Waals surface area contributed by atoms with Crippen molar-refractivity contribution in [2.75, 3.05) is 0 Å². The van der Waals surface area contributed by atoms with Gasteiger partial charge in [0.1, 0.15) is 11.8 Å². The lowest BCUT2D eigenvalue weighted by atomic mass is 9.87. The first-order valence-electron chi connectivity index (χ1n) is 10.7. The summed E-state index contributed by atoms with van der Waals surface area (Å²) in [7, 11) is -1.56. The number of halogens is 2. The van der Waals surface area contributed by atoms with Crippen molar-refractivity contribution in [3.8, 4) is 0 Å². The van der Waals surface area contributed by atoms with E-state index in [2.05, 4.69) is 15.9 Å². The van der Waals surface area contributed by atoms with E-state index in [9.17, 15) is 9.00 Å². The van der Waals surface area contributed by atoms with Crippen LogP contribution in [-0.2, 0) is 20.3 Å². The second kappa shape index (κ2) is 10.7. The lowest BCUT2D eigenvalue weighted by Crippen LogP contribution is -2.26. The topological polar surface area (TPSA) is 43.4 Å². The van der Waals surface area contributed by atoms with E-state index in [1.165, 1.54) is 0 Å². The van der Waals surface area contributed by atoms with Crippen LogP contribution in [0.2, 0.25) is 0 Å². The van der Waals surface area contributed by atoms with E-state index in [0.717, 1.165) is 10.0 Å². The van der Waals surface area contributed by atoms with E-state index in [1.54, 1.807) is 69.3 Å². The number of benzene rings is 3. The van der Waals surface area contributed by atoms with Crippen molar-refractivity contribution in [3.05, 3.63) is 94.0 Å². The Kier molecular flexibility index (Phi) is 8.24. The lowest BCUT2D eigenvalue weighted by Gasteiger charge is -2.25. The number of aryl methyl sites for hydroxylation is 1. The molecule has 0 fully saturated rings. The molecular formula is C27H28BrFO3S. The minimum atomic E-state index is -1.56. The molecule has 0 radical (unpaired) electrons. The Morgan fingerprint density at radius 1 is 1.00 bits per heavy atom. The Morgan fingerprint density at radius 2 is 1.61 bits per heavy atom. The van der Waals surface area contributed by atoms with Gasteiger partial charge in [0.15, 0.2) is 0 Å². The van der Waals surface area contributed by atoms with Crippen LogP contribution in [0.4, 0.5) is 4.39 Å². The van der Waals surface area contributed by atoms with Gasteiger partial charge in [0.2, 0.25) is 0 Å². The highest BCUT2D eigenvalue weighted by Gasteiger charge is 2.31. The minimum Gasteiger partial charge on any atom is -0.460 e. The standard InChI is InChI=1S/C27H28BrFO3S/c1-18-9-15-21(16-10-18)33(31)24-8-6-5-7-22(24)26(29)23(17-25(30)32-27(2,3)4)19-11-13-20(28)14-12-19/h5-16,23,26H,17H2,1-4H3/t23-,26+,33+/m1/s1. The fraction of sp³-hybridized carbons (Fsp3) is 0.296. The van der Waals surface area contributed by atoms with Crippen LogP contribution in [0.3, 0.4) is 0 Å². The average Bonchev–Trinajstić information content (AvgIpc) is 2.76. The number of alkyl halides is 1. The summed E-state index contributed by atoms with van der Waals surface area (Å²) < 4.78 is 35.9. The van der Waals surface area contributed by atoms with E-state index in [4.69, 9.17) is 4.74 Å². The number of esters is 1. The van der Waals surface area contributed by atoms with Gasteiger partial charge < -0.3 is 4.74 Å². The van der Waals surface area contributed by atoms with Crippen LogP contribution in [0.25, 0.3) is 0 Å². The molecule has 0 aromatic heterocycles. The zero-order valence-electron chi connectivity index (χ0n) is 19.2. The summed E-state index contributed by atoms with van der Waals surface area (Å²) in [5.41, 5.74) is 1.37. The second-order valence-electron chi connectivity index (χ2n) is 8.97. The summed E-state index contributed by atoms with van der Waals surface area (Å²) in [6.45, 7) is 7.31. The Morgan fingerprint density at radius 3 is 2.21 bits per heavy atom. The predicted molar refractivity (Wildman–Crippen MR) is 133 cm³/mol. The third-order valence-corrected chi connectivity index (χ3v) is 7.11. The molecule has 0 unspecified atom stereocenters. The largest absolute Gasteiger partial charge is 0.460 e. The smallest absolute Gasteiger partial charge is 0.307 e. The van der Waals surface area contributed by atoms with Gasteiger partial charge in [-0.25, -0.2) is 8.60 Å². The summed E-state index contributed by atoms with van der Waals surface area (Å²) in [6.07, 6.45) is -1.68. The van der Waals surface area contributed by atoms with Gasteiger partial charge in [0, 0.05) is 25.7 Å². The Bertz CT molecular complexity index is 1120. The maximum atomic E-state index is 16.2. The molecule has 0 amide bonds. The summed E-state index contributed by atoms with van der Waals surface area (Å²) in [6, 6.07) is 21.4. The van der Waals surface area contributed by atoms with Crippen molar-refractivity contribution in [2.45, 2.75) is 61.6 Å². The maximum Gasteiger partial charge on any atom is 0.307 e. The molecule has 3 rings (SSSR count). The second-order valence-corrected chi connectivity index (χ2v) is 11.3. The molecule has 0 saturated heterocycles. The number of hydrogen-bond acceptors (Lipinski definition) is 3. The molecule has 0 spiro atoms. The molecule has 0 saturated carbocycles. The third kappa shape index (κ3) is 6.84. The fourth-order valence-corrected chi connectivity index (χ4v) is 5.04.